The lowest BCUT2D eigenvalue weighted by atomic mass is 9.81. The van der Waals surface area contributed by atoms with Crippen LogP contribution in [0, 0.1) is 5.41 Å². The topological polar surface area (TPSA) is 59.4 Å². The maximum absolute atomic E-state index is 12.7. The summed E-state index contributed by atoms with van der Waals surface area (Å²) in [6.45, 7) is 4.45. The van der Waals surface area contributed by atoms with Gasteiger partial charge < -0.3 is 15.0 Å². The molecule has 0 saturated carbocycles. The van der Waals surface area contributed by atoms with Crippen molar-refractivity contribution < 1.29 is 9.53 Å². The molecule has 2 aromatic rings. The average Bonchev–Trinajstić information content (AvgIpc) is 2.96. The lowest BCUT2D eigenvalue weighted by molar-refractivity contribution is 0.0452. The lowest BCUT2D eigenvalue weighted by Crippen LogP contribution is -2.45. The first-order valence-corrected chi connectivity index (χ1v) is 8.65. The second-order valence-corrected chi connectivity index (χ2v) is 7.09. The fraction of sp³-hybridized carbons (Fsp3) is 0.474. The molecule has 0 spiro atoms. The Morgan fingerprint density at radius 1 is 1.28 bits per heavy atom. The number of aryl methyl sites for hydroxylation is 1. The summed E-state index contributed by atoms with van der Waals surface area (Å²) in [5.74, 6) is 0. The summed E-state index contributed by atoms with van der Waals surface area (Å²) in [7, 11) is 3.59. The van der Waals surface area contributed by atoms with Gasteiger partial charge in [0, 0.05) is 39.0 Å². The number of nitrogens with zero attached hydrogens (tertiary/aromatic N) is 3. The second kappa shape index (κ2) is 7.27. The van der Waals surface area contributed by atoms with Crippen LogP contribution in [0.1, 0.15) is 19.8 Å². The van der Waals surface area contributed by atoms with Crippen LogP contribution in [0.5, 0.6) is 0 Å². The molecule has 6 nitrogen and oxygen atoms in total. The second-order valence-electron chi connectivity index (χ2n) is 7.09. The SMILES string of the molecule is COCC1(C)CCN(C(=O)Nc2cn(C)nc2-c2ccccc2)CC1. The van der Waals surface area contributed by atoms with Crippen molar-refractivity contribution >= 4 is 11.7 Å². The summed E-state index contributed by atoms with van der Waals surface area (Å²) in [5.41, 5.74) is 2.68. The Morgan fingerprint density at radius 3 is 2.60 bits per heavy atom. The first-order valence-electron chi connectivity index (χ1n) is 8.65. The number of piperidine rings is 1. The number of aromatic nitrogens is 2. The van der Waals surface area contributed by atoms with Crippen molar-refractivity contribution in [3.63, 3.8) is 0 Å². The van der Waals surface area contributed by atoms with Crippen LogP contribution in [0.2, 0.25) is 0 Å². The van der Waals surface area contributed by atoms with Gasteiger partial charge in [0.15, 0.2) is 0 Å². The van der Waals surface area contributed by atoms with Crippen LogP contribution in [-0.4, -0.2) is 47.5 Å². The number of nitrogens with one attached hydrogen (secondary N) is 1. The van der Waals surface area contributed by atoms with E-state index in [1.54, 1.807) is 11.8 Å². The molecule has 0 radical (unpaired) electrons. The van der Waals surface area contributed by atoms with Gasteiger partial charge in [0.1, 0.15) is 5.69 Å². The summed E-state index contributed by atoms with van der Waals surface area (Å²) in [5, 5.41) is 7.52. The molecule has 0 unspecified atom stereocenters. The zero-order valence-electron chi connectivity index (χ0n) is 15.2. The quantitative estimate of drug-likeness (QED) is 0.927. The van der Waals surface area contributed by atoms with Gasteiger partial charge in [-0.15, -0.1) is 0 Å². The first kappa shape index (κ1) is 17.5. The molecule has 25 heavy (non-hydrogen) atoms. The van der Waals surface area contributed by atoms with Gasteiger partial charge in [-0.2, -0.15) is 5.10 Å². The zero-order chi connectivity index (χ0) is 17.9. The Bertz CT molecular complexity index is 718. The van der Waals surface area contributed by atoms with E-state index >= 15 is 0 Å². The minimum absolute atomic E-state index is 0.0651. The highest BCUT2D eigenvalue weighted by atomic mass is 16.5. The van der Waals surface area contributed by atoms with Crippen LogP contribution in [0.15, 0.2) is 36.5 Å². The van der Waals surface area contributed by atoms with Gasteiger partial charge >= 0.3 is 6.03 Å². The fourth-order valence-corrected chi connectivity index (χ4v) is 3.33. The van der Waals surface area contributed by atoms with Gasteiger partial charge in [-0.05, 0) is 18.3 Å². The number of benzene rings is 1. The van der Waals surface area contributed by atoms with Crippen molar-refractivity contribution in [1.82, 2.24) is 14.7 Å². The van der Waals surface area contributed by atoms with E-state index in [0.717, 1.165) is 49.5 Å². The monoisotopic (exact) mass is 342 g/mol. The molecule has 1 N–H and O–H groups in total. The van der Waals surface area contributed by atoms with Crippen molar-refractivity contribution in [1.29, 1.82) is 0 Å². The Balaban J connectivity index is 1.69. The number of ether oxygens (including phenoxy) is 1. The summed E-state index contributed by atoms with van der Waals surface area (Å²) in [6.07, 6.45) is 3.75. The van der Waals surface area contributed by atoms with Gasteiger partial charge in [-0.25, -0.2) is 4.79 Å². The van der Waals surface area contributed by atoms with Gasteiger partial charge in [0.25, 0.3) is 0 Å². The van der Waals surface area contributed by atoms with Gasteiger partial charge in [0.05, 0.1) is 12.3 Å². The highest BCUT2D eigenvalue weighted by molar-refractivity contribution is 5.93. The van der Waals surface area contributed by atoms with Crippen LogP contribution < -0.4 is 5.32 Å². The third-order valence-electron chi connectivity index (χ3n) is 4.87. The molecule has 1 fully saturated rings. The number of hydrogen-bond acceptors (Lipinski definition) is 3. The molecule has 2 heterocycles. The van der Waals surface area contributed by atoms with Crippen molar-refractivity contribution in [3.05, 3.63) is 36.5 Å². The summed E-state index contributed by atoms with van der Waals surface area (Å²) < 4.78 is 7.04. The van der Waals surface area contributed by atoms with E-state index in [4.69, 9.17) is 4.74 Å². The molecular weight excluding hydrogens is 316 g/mol. The van der Waals surface area contributed by atoms with E-state index < -0.39 is 0 Å². The third-order valence-corrected chi connectivity index (χ3v) is 4.87. The molecule has 3 rings (SSSR count). The molecule has 1 aromatic heterocycles. The number of hydrogen-bond donors (Lipinski definition) is 1. The highest BCUT2D eigenvalue weighted by Crippen LogP contribution is 2.32. The minimum Gasteiger partial charge on any atom is -0.384 e. The van der Waals surface area contributed by atoms with Gasteiger partial charge in [-0.3, -0.25) is 4.68 Å². The average molecular weight is 342 g/mol. The predicted molar refractivity (Wildman–Crippen MR) is 98.5 cm³/mol. The van der Waals surface area contributed by atoms with E-state index in [0.29, 0.717) is 0 Å². The molecule has 134 valence electrons. The summed E-state index contributed by atoms with van der Waals surface area (Å²) in [4.78, 5) is 14.5. The van der Waals surface area contributed by atoms with Crippen LogP contribution in [0.4, 0.5) is 10.5 Å². The van der Waals surface area contributed by atoms with Gasteiger partial charge in [-0.1, -0.05) is 37.3 Å². The molecule has 1 saturated heterocycles. The molecule has 1 aliphatic heterocycles. The highest BCUT2D eigenvalue weighted by Gasteiger charge is 2.32. The van der Waals surface area contributed by atoms with Crippen molar-refractivity contribution in [2.24, 2.45) is 12.5 Å². The van der Waals surface area contributed by atoms with Crippen LogP contribution in [-0.2, 0) is 11.8 Å². The molecule has 0 atom stereocenters. The number of anilines is 1. The van der Waals surface area contributed by atoms with E-state index in [9.17, 15) is 4.79 Å². The molecule has 0 bridgehead atoms. The van der Waals surface area contributed by atoms with Crippen LogP contribution in [0.25, 0.3) is 11.3 Å². The fourth-order valence-electron chi connectivity index (χ4n) is 3.33. The van der Waals surface area contributed by atoms with Crippen molar-refractivity contribution in [2.75, 3.05) is 32.1 Å². The normalized spacial score (nSPS) is 16.7. The summed E-state index contributed by atoms with van der Waals surface area (Å²) in [6, 6.07) is 9.83. The lowest BCUT2D eigenvalue weighted by Gasteiger charge is -2.38. The van der Waals surface area contributed by atoms with Crippen LogP contribution in [0.3, 0.4) is 0 Å². The van der Waals surface area contributed by atoms with E-state index in [2.05, 4.69) is 17.3 Å². The zero-order valence-corrected chi connectivity index (χ0v) is 15.2. The molecule has 6 heteroatoms. The number of carbonyl (C=O) groups is 1. The minimum atomic E-state index is -0.0651. The van der Waals surface area contributed by atoms with Crippen molar-refractivity contribution in [2.45, 2.75) is 19.8 Å². The first-order chi connectivity index (χ1) is 12.0. The van der Waals surface area contributed by atoms with Crippen LogP contribution >= 0.6 is 0 Å². The van der Waals surface area contributed by atoms with E-state index in [1.807, 2.05) is 48.5 Å². The molecule has 0 aliphatic carbocycles. The maximum Gasteiger partial charge on any atom is 0.321 e. The largest absolute Gasteiger partial charge is 0.384 e. The molecule has 1 aromatic carbocycles. The van der Waals surface area contributed by atoms with Gasteiger partial charge in [0.2, 0.25) is 0 Å². The Morgan fingerprint density at radius 2 is 1.96 bits per heavy atom. The molecule has 2 amide bonds. The molecule has 1 aliphatic rings. The standard InChI is InChI=1S/C19H26N4O2/c1-19(14-25-3)9-11-23(12-10-19)18(24)20-16-13-22(2)21-17(16)15-7-5-4-6-8-15/h4-8,13H,9-12,14H2,1-3H3,(H,20,24). The number of methoxy groups -OCH3 is 1. The third kappa shape index (κ3) is 4.02. The summed E-state index contributed by atoms with van der Waals surface area (Å²) >= 11 is 0. The Labute approximate surface area is 148 Å². The number of carbonyl (C=O) groups excluding carboxylic acids is 1. The molecular formula is C19H26N4O2. The smallest absolute Gasteiger partial charge is 0.321 e. The Kier molecular flexibility index (Phi) is 5.08. The maximum atomic E-state index is 12.7. The van der Waals surface area contributed by atoms with E-state index in [-0.39, 0.29) is 11.4 Å². The number of amides is 2. The number of urea groups is 1. The van der Waals surface area contributed by atoms with E-state index in [1.165, 1.54) is 0 Å². The Hall–Kier alpha value is -2.34. The number of rotatable bonds is 4. The predicted octanol–water partition coefficient (Wildman–Crippen LogP) is 3.37. The van der Waals surface area contributed by atoms with Crippen molar-refractivity contribution in [3.8, 4) is 11.3 Å². The number of likely N-dealkylation sites (tertiary alicyclic amines) is 1.